The van der Waals surface area contributed by atoms with Crippen LogP contribution >= 0.6 is 0 Å². The third-order valence-corrected chi connectivity index (χ3v) is 2.58. The highest BCUT2D eigenvalue weighted by Gasteiger charge is 2.04. The van der Waals surface area contributed by atoms with Gasteiger partial charge in [0.05, 0.1) is 13.2 Å². The molecule has 0 aliphatic rings. The molecule has 0 spiro atoms. The van der Waals surface area contributed by atoms with E-state index in [1.807, 2.05) is 0 Å². The minimum absolute atomic E-state index is 0.0902. The predicted molar refractivity (Wildman–Crippen MR) is 75.1 cm³/mol. The summed E-state index contributed by atoms with van der Waals surface area (Å²) in [7, 11) is 1.65. The monoisotopic (exact) mass is 266 g/mol. The third-order valence-electron chi connectivity index (χ3n) is 2.58. The second-order valence-electron chi connectivity index (χ2n) is 4.19. The number of methoxy groups -OCH3 is 1. The highest BCUT2D eigenvalue weighted by Crippen LogP contribution is 2.06. The van der Waals surface area contributed by atoms with Gasteiger partial charge in [0.2, 0.25) is 0 Å². The molecule has 1 amide bonds. The Balaban J connectivity index is 2.08. The van der Waals surface area contributed by atoms with E-state index in [0.717, 1.165) is 12.8 Å². The Morgan fingerprint density at radius 1 is 1.26 bits per heavy atom. The first-order valence-electron chi connectivity index (χ1n) is 6.44. The smallest absolute Gasteiger partial charge is 0.251 e. The highest BCUT2D eigenvalue weighted by molar-refractivity contribution is 5.94. The fourth-order valence-corrected chi connectivity index (χ4v) is 1.56. The summed E-state index contributed by atoms with van der Waals surface area (Å²) in [6, 6.07) is 6.95. The lowest BCUT2D eigenvalue weighted by atomic mass is 10.2. The van der Waals surface area contributed by atoms with Crippen molar-refractivity contribution >= 4 is 11.6 Å². The summed E-state index contributed by atoms with van der Waals surface area (Å²) in [5.41, 5.74) is 6.81. The summed E-state index contributed by atoms with van der Waals surface area (Å²) < 4.78 is 10.2. The van der Waals surface area contributed by atoms with Crippen LogP contribution in [-0.2, 0) is 9.47 Å². The number of nitrogen functional groups attached to an aromatic ring is 1. The lowest BCUT2D eigenvalue weighted by molar-refractivity contribution is 0.0686. The maximum atomic E-state index is 11.8. The van der Waals surface area contributed by atoms with Crippen LogP contribution in [0.5, 0.6) is 0 Å². The molecule has 0 heterocycles. The van der Waals surface area contributed by atoms with Crippen molar-refractivity contribution in [3.63, 3.8) is 0 Å². The lowest BCUT2D eigenvalue weighted by Gasteiger charge is -2.06. The van der Waals surface area contributed by atoms with E-state index >= 15 is 0 Å². The van der Waals surface area contributed by atoms with Crippen molar-refractivity contribution in [2.75, 3.05) is 39.2 Å². The minimum Gasteiger partial charge on any atom is -0.399 e. The number of nitrogens with two attached hydrogens (primary N) is 1. The van der Waals surface area contributed by atoms with Crippen LogP contribution in [0.15, 0.2) is 24.3 Å². The van der Waals surface area contributed by atoms with Crippen molar-refractivity contribution < 1.29 is 14.3 Å². The zero-order valence-electron chi connectivity index (χ0n) is 11.4. The zero-order chi connectivity index (χ0) is 13.9. The van der Waals surface area contributed by atoms with E-state index in [-0.39, 0.29) is 5.91 Å². The summed E-state index contributed by atoms with van der Waals surface area (Å²) >= 11 is 0. The molecule has 106 valence electrons. The largest absolute Gasteiger partial charge is 0.399 e. The molecule has 1 aromatic rings. The van der Waals surface area contributed by atoms with E-state index in [4.69, 9.17) is 15.2 Å². The van der Waals surface area contributed by atoms with E-state index in [1.165, 1.54) is 0 Å². The van der Waals surface area contributed by atoms with Gasteiger partial charge in [-0.2, -0.15) is 0 Å². The number of carbonyl (C=O) groups is 1. The molecule has 0 aromatic heterocycles. The number of benzene rings is 1. The van der Waals surface area contributed by atoms with Crippen LogP contribution in [0.25, 0.3) is 0 Å². The van der Waals surface area contributed by atoms with E-state index in [2.05, 4.69) is 5.32 Å². The number of nitrogens with one attached hydrogen (secondary N) is 1. The normalized spacial score (nSPS) is 10.4. The van der Waals surface area contributed by atoms with Gasteiger partial charge in [0.1, 0.15) is 0 Å². The van der Waals surface area contributed by atoms with Crippen LogP contribution in [0.1, 0.15) is 23.2 Å². The maximum Gasteiger partial charge on any atom is 0.251 e. The first kappa shape index (κ1) is 15.5. The Bertz CT molecular complexity index is 383. The van der Waals surface area contributed by atoms with Crippen LogP contribution in [0.3, 0.4) is 0 Å². The molecule has 0 atom stereocenters. The number of anilines is 1. The number of rotatable bonds is 9. The second kappa shape index (κ2) is 9.35. The number of hydrogen-bond donors (Lipinski definition) is 2. The van der Waals surface area contributed by atoms with Crippen LogP contribution in [-0.4, -0.2) is 39.4 Å². The third kappa shape index (κ3) is 6.79. The molecule has 0 unspecified atom stereocenters. The van der Waals surface area contributed by atoms with Crippen molar-refractivity contribution in [1.82, 2.24) is 5.32 Å². The van der Waals surface area contributed by atoms with Gasteiger partial charge in [0.25, 0.3) is 5.91 Å². The molecular weight excluding hydrogens is 244 g/mol. The fourth-order valence-electron chi connectivity index (χ4n) is 1.56. The SMILES string of the molecule is COCCOCCCCNC(=O)c1cccc(N)c1. The van der Waals surface area contributed by atoms with Crippen LogP contribution in [0.4, 0.5) is 5.69 Å². The average molecular weight is 266 g/mol. The van der Waals surface area contributed by atoms with Gasteiger partial charge >= 0.3 is 0 Å². The molecule has 3 N–H and O–H groups in total. The Labute approximate surface area is 114 Å². The quantitative estimate of drug-likeness (QED) is 0.524. The van der Waals surface area contributed by atoms with Crippen LogP contribution < -0.4 is 11.1 Å². The van der Waals surface area contributed by atoms with Gasteiger partial charge in [0.15, 0.2) is 0 Å². The van der Waals surface area contributed by atoms with Gasteiger partial charge in [-0.05, 0) is 31.0 Å². The first-order valence-corrected chi connectivity index (χ1v) is 6.44. The first-order chi connectivity index (χ1) is 9.24. The average Bonchev–Trinajstić information content (AvgIpc) is 2.41. The summed E-state index contributed by atoms with van der Waals surface area (Å²) in [6.07, 6.45) is 1.81. The lowest BCUT2D eigenvalue weighted by Crippen LogP contribution is -2.24. The van der Waals surface area contributed by atoms with Gasteiger partial charge < -0.3 is 20.5 Å². The van der Waals surface area contributed by atoms with Gasteiger partial charge in [-0.15, -0.1) is 0 Å². The highest BCUT2D eigenvalue weighted by atomic mass is 16.5. The summed E-state index contributed by atoms with van der Waals surface area (Å²) in [5, 5.41) is 2.85. The molecule has 0 aliphatic heterocycles. The van der Waals surface area contributed by atoms with Gasteiger partial charge in [0, 0.05) is 31.5 Å². The van der Waals surface area contributed by atoms with E-state index in [1.54, 1.807) is 31.4 Å². The maximum absolute atomic E-state index is 11.8. The topological polar surface area (TPSA) is 73.6 Å². The van der Waals surface area contributed by atoms with Gasteiger partial charge in [-0.1, -0.05) is 6.07 Å². The van der Waals surface area contributed by atoms with Crippen molar-refractivity contribution in [3.05, 3.63) is 29.8 Å². The van der Waals surface area contributed by atoms with Crippen LogP contribution in [0.2, 0.25) is 0 Å². The van der Waals surface area contributed by atoms with Gasteiger partial charge in [-0.25, -0.2) is 0 Å². The molecule has 0 saturated heterocycles. The molecule has 0 bridgehead atoms. The molecule has 0 radical (unpaired) electrons. The summed E-state index contributed by atoms with van der Waals surface area (Å²) in [6.45, 7) is 2.57. The number of hydrogen-bond acceptors (Lipinski definition) is 4. The van der Waals surface area contributed by atoms with Crippen molar-refractivity contribution in [2.45, 2.75) is 12.8 Å². The van der Waals surface area contributed by atoms with Crippen molar-refractivity contribution in [1.29, 1.82) is 0 Å². The summed E-state index contributed by atoms with van der Waals surface area (Å²) in [4.78, 5) is 11.8. The Morgan fingerprint density at radius 2 is 2.11 bits per heavy atom. The minimum atomic E-state index is -0.0902. The van der Waals surface area contributed by atoms with Crippen molar-refractivity contribution in [2.24, 2.45) is 0 Å². The standard InChI is InChI=1S/C14H22N2O3/c1-18-9-10-19-8-3-2-7-16-14(17)12-5-4-6-13(15)11-12/h4-6,11H,2-3,7-10,15H2,1H3,(H,16,17). The van der Waals surface area contributed by atoms with Crippen LogP contribution in [0, 0.1) is 0 Å². The number of ether oxygens (including phenoxy) is 2. The van der Waals surface area contributed by atoms with E-state index in [0.29, 0.717) is 37.6 Å². The molecule has 0 aliphatic carbocycles. The van der Waals surface area contributed by atoms with Crippen molar-refractivity contribution in [3.8, 4) is 0 Å². The molecule has 1 rings (SSSR count). The molecule has 0 saturated carbocycles. The number of unbranched alkanes of at least 4 members (excludes halogenated alkanes) is 1. The zero-order valence-corrected chi connectivity index (χ0v) is 11.4. The Kier molecular flexibility index (Phi) is 7.62. The Hall–Kier alpha value is -1.59. The fraction of sp³-hybridized carbons (Fsp3) is 0.500. The number of amides is 1. The molecule has 19 heavy (non-hydrogen) atoms. The molecular formula is C14H22N2O3. The summed E-state index contributed by atoms with van der Waals surface area (Å²) in [5.74, 6) is -0.0902. The molecule has 0 fully saturated rings. The number of carbonyl (C=O) groups excluding carboxylic acids is 1. The molecule has 1 aromatic carbocycles. The second-order valence-corrected chi connectivity index (χ2v) is 4.19. The Morgan fingerprint density at radius 3 is 2.84 bits per heavy atom. The van der Waals surface area contributed by atoms with E-state index < -0.39 is 0 Å². The molecule has 5 nitrogen and oxygen atoms in total. The molecule has 5 heteroatoms. The van der Waals surface area contributed by atoms with E-state index in [9.17, 15) is 4.79 Å². The predicted octanol–water partition coefficient (Wildman–Crippen LogP) is 1.44. The van der Waals surface area contributed by atoms with Gasteiger partial charge in [-0.3, -0.25) is 4.79 Å².